The van der Waals surface area contributed by atoms with Crippen LogP contribution in [0, 0.1) is 0 Å². The molecule has 0 spiro atoms. The van der Waals surface area contributed by atoms with Crippen LogP contribution in [-0.4, -0.2) is 88.8 Å². The quantitative estimate of drug-likeness (QED) is 0.526. The number of amides is 1. The van der Waals surface area contributed by atoms with Gasteiger partial charge < -0.3 is 20.3 Å². The normalized spacial score (nSPS) is 16.8. The van der Waals surface area contributed by atoms with Crippen molar-refractivity contribution in [2.24, 2.45) is 0 Å². The van der Waals surface area contributed by atoms with Crippen molar-refractivity contribution in [1.82, 2.24) is 20.4 Å². The van der Waals surface area contributed by atoms with Crippen LogP contribution in [0.3, 0.4) is 0 Å². The molecule has 6 nitrogen and oxygen atoms in total. The Labute approximate surface area is 116 Å². The van der Waals surface area contributed by atoms with Crippen LogP contribution in [0.4, 0.5) is 0 Å². The fraction of sp³-hybridized carbons (Fsp3) is 0.923. The Morgan fingerprint density at radius 3 is 2.68 bits per heavy atom. The summed E-state index contributed by atoms with van der Waals surface area (Å²) >= 11 is 0. The first-order valence-corrected chi connectivity index (χ1v) is 7.11. The number of hydrogen-bond acceptors (Lipinski definition) is 5. The zero-order valence-electron chi connectivity index (χ0n) is 12.3. The third kappa shape index (κ3) is 8.93. The number of morpholine rings is 1. The summed E-state index contributed by atoms with van der Waals surface area (Å²) in [6, 6.07) is 0. The summed E-state index contributed by atoms with van der Waals surface area (Å²) in [6.45, 7) is 7.65. The molecular weight excluding hydrogens is 244 g/mol. The van der Waals surface area contributed by atoms with E-state index < -0.39 is 0 Å². The predicted octanol–water partition coefficient (Wildman–Crippen LogP) is -1.02. The van der Waals surface area contributed by atoms with Crippen molar-refractivity contribution in [3.63, 3.8) is 0 Å². The van der Waals surface area contributed by atoms with Gasteiger partial charge in [-0.3, -0.25) is 9.69 Å². The average Bonchev–Trinajstić information content (AvgIpc) is 2.41. The molecule has 112 valence electrons. The van der Waals surface area contributed by atoms with Gasteiger partial charge in [0.15, 0.2) is 0 Å². The molecule has 1 fully saturated rings. The first-order chi connectivity index (χ1) is 9.18. The fourth-order valence-corrected chi connectivity index (χ4v) is 1.95. The molecule has 0 radical (unpaired) electrons. The monoisotopic (exact) mass is 272 g/mol. The minimum atomic E-state index is 0.0840. The number of nitrogens with zero attached hydrogens (tertiary/aromatic N) is 2. The molecule has 0 aromatic rings. The number of carbonyl (C=O) groups excluding carboxylic acids is 1. The molecule has 0 saturated carbocycles. The van der Waals surface area contributed by atoms with E-state index in [1.165, 1.54) is 0 Å². The van der Waals surface area contributed by atoms with Gasteiger partial charge in [0.1, 0.15) is 0 Å². The average molecular weight is 272 g/mol. The largest absolute Gasteiger partial charge is 0.379 e. The molecule has 0 unspecified atom stereocenters. The van der Waals surface area contributed by atoms with Gasteiger partial charge >= 0.3 is 0 Å². The minimum Gasteiger partial charge on any atom is -0.379 e. The number of hydrogen-bond donors (Lipinski definition) is 2. The molecule has 1 aliphatic heterocycles. The maximum atomic E-state index is 11.5. The van der Waals surface area contributed by atoms with Gasteiger partial charge in [0.25, 0.3) is 0 Å². The van der Waals surface area contributed by atoms with E-state index in [2.05, 4.69) is 20.4 Å². The van der Waals surface area contributed by atoms with E-state index in [-0.39, 0.29) is 5.91 Å². The molecule has 1 saturated heterocycles. The van der Waals surface area contributed by atoms with E-state index in [0.29, 0.717) is 6.54 Å². The second-order valence-electron chi connectivity index (χ2n) is 5.14. The van der Waals surface area contributed by atoms with Crippen molar-refractivity contribution in [3.8, 4) is 0 Å². The van der Waals surface area contributed by atoms with E-state index in [1.807, 2.05) is 14.1 Å². The molecule has 2 N–H and O–H groups in total. The van der Waals surface area contributed by atoms with Gasteiger partial charge in [-0.25, -0.2) is 0 Å². The highest BCUT2D eigenvalue weighted by molar-refractivity contribution is 5.77. The van der Waals surface area contributed by atoms with Gasteiger partial charge in [-0.1, -0.05) is 0 Å². The van der Waals surface area contributed by atoms with Gasteiger partial charge in [0.05, 0.1) is 19.8 Å². The lowest BCUT2D eigenvalue weighted by Gasteiger charge is -2.26. The Balaban J connectivity index is 1.89. The van der Waals surface area contributed by atoms with Crippen LogP contribution in [0.15, 0.2) is 0 Å². The molecule has 1 amide bonds. The Morgan fingerprint density at radius 2 is 2.00 bits per heavy atom. The van der Waals surface area contributed by atoms with E-state index in [9.17, 15) is 4.79 Å². The zero-order chi connectivity index (χ0) is 13.9. The van der Waals surface area contributed by atoms with E-state index >= 15 is 0 Å². The van der Waals surface area contributed by atoms with Crippen molar-refractivity contribution < 1.29 is 9.53 Å². The zero-order valence-corrected chi connectivity index (χ0v) is 12.3. The van der Waals surface area contributed by atoms with Gasteiger partial charge in [-0.05, 0) is 27.1 Å². The third-order valence-corrected chi connectivity index (χ3v) is 3.10. The minimum absolute atomic E-state index is 0.0840. The summed E-state index contributed by atoms with van der Waals surface area (Å²) in [5.74, 6) is 0.0840. The van der Waals surface area contributed by atoms with Crippen LogP contribution >= 0.6 is 0 Å². The highest BCUT2D eigenvalue weighted by Crippen LogP contribution is 1.94. The van der Waals surface area contributed by atoms with Gasteiger partial charge in [-0.15, -0.1) is 0 Å². The first-order valence-electron chi connectivity index (χ1n) is 7.11. The van der Waals surface area contributed by atoms with Crippen molar-refractivity contribution in [1.29, 1.82) is 0 Å². The van der Waals surface area contributed by atoms with E-state index in [1.54, 1.807) is 0 Å². The molecular formula is C13H28N4O2. The Bertz CT molecular complexity index is 243. The molecule has 0 atom stereocenters. The molecule has 0 aliphatic carbocycles. The Hall–Kier alpha value is -0.690. The van der Waals surface area contributed by atoms with Crippen LogP contribution in [0.1, 0.15) is 6.42 Å². The predicted molar refractivity (Wildman–Crippen MR) is 76.3 cm³/mol. The van der Waals surface area contributed by atoms with E-state index in [0.717, 1.165) is 58.9 Å². The molecule has 1 rings (SSSR count). The van der Waals surface area contributed by atoms with Crippen LogP contribution < -0.4 is 10.6 Å². The lowest BCUT2D eigenvalue weighted by molar-refractivity contribution is -0.120. The highest BCUT2D eigenvalue weighted by atomic mass is 16.5. The van der Waals surface area contributed by atoms with Crippen LogP contribution in [0.5, 0.6) is 0 Å². The standard InChI is InChI=1S/C13H28N4O2/c1-16(2)6-3-4-15-13(18)12-14-5-7-17-8-10-19-11-9-17/h14H,3-12H2,1-2H3,(H,15,18). The summed E-state index contributed by atoms with van der Waals surface area (Å²) in [7, 11) is 4.07. The van der Waals surface area contributed by atoms with Gasteiger partial charge in [0, 0.05) is 32.7 Å². The summed E-state index contributed by atoms with van der Waals surface area (Å²) in [6.07, 6.45) is 0.993. The molecule has 0 aromatic carbocycles. The lowest BCUT2D eigenvalue weighted by Crippen LogP contribution is -2.42. The molecule has 19 heavy (non-hydrogen) atoms. The van der Waals surface area contributed by atoms with Crippen molar-refractivity contribution in [3.05, 3.63) is 0 Å². The maximum absolute atomic E-state index is 11.5. The highest BCUT2D eigenvalue weighted by Gasteiger charge is 2.09. The molecule has 1 heterocycles. The summed E-state index contributed by atoms with van der Waals surface area (Å²) < 4.78 is 5.29. The molecule has 0 aromatic heterocycles. The summed E-state index contributed by atoms with van der Waals surface area (Å²) in [4.78, 5) is 16.0. The number of ether oxygens (including phenoxy) is 1. The topological polar surface area (TPSA) is 56.8 Å². The third-order valence-electron chi connectivity index (χ3n) is 3.10. The molecule has 0 bridgehead atoms. The van der Waals surface area contributed by atoms with Gasteiger partial charge in [0.2, 0.25) is 5.91 Å². The molecule has 1 aliphatic rings. The smallest absolute Gasteiger partial charge is 0.233 e. The Kier molecular flexibility index (Phi) is 8.73. The van der Waals surface area contributed by atoms with Crippen molar-refractivity contribution in [2.75, 3.05) is 73.1 Å². The number of carbonyl (C=O) groups is 1. The lowest BCUT2D eigenvalue weighted by atomic mass is 10.4. The number of nitrogens with one attached hydrogen (secondary N) is 2. The SMILES string of the molecule is CN(C)CCCNC(=O)CNCCN1CCOCC1. The number of rotatable bonds is 9. The first kappa shape index (κ1) is 16.4. The summed E-state index contributed by atoms with van der Waals surface area (Å²) in [5, 5.41) is 6.09. The summed E-state index contributed by atoms with van der Waals surface area (Å²) in [5.41, 5.74) is 0. The second kappa shape index (κ2) is 10.1. The maximum Gasteiger partial charge on any atom is 0.233 e. The van der Waals surface area contributed by atoms with Crippen LogP contribution in [0.25, 0.3) is 0 Å². The van der Waals surface area contributed by atoms with Crippen molar-refractivity contribution >= 4 is 5.91 Å². The van der Waals surface area contributed by atoms with Crippen LogP contribution in [0.2, 0.25) is 0 Å². The molecule has 6 heteroatoms. The van der Waals surface area contributed by atoms with Crippen molar-refractivity contribution in [2.45, 2.75) is 6.42 Å². The van der Waals surface area contributed by atoms with Crippen LogP contribution in [-0.2, 0) is 9.53 Å². The van der Waals surface area contributed by atoms with E-state index in [4.69, 9.17) is 4.74 Å². The Morgan fingerprint density at radius 1 is 1.26 bits per heavy atom. The second-order valence-corrected chi connectivity index (χ2v) is 5.14. The van der Waals surface area contributed by atoms with Gasteiger partial charge in [-0.2, -0.15) is 0 Å². The fourth-order valence-electron chi connectivity index (χ4n) is 1.95.